The van der Waals surface area contributed by atoms with Crippen molar-refractivity contribution in [3.63, 3.8) is 0 Å². The Bertz CT molecular complexity index is 617. The largest absolute Gasteiger partial charge is 0.352 e. The van der Waals surface area contributed by atoms with Gasteiger partial charge in [0.25, 0.3) is 0 Å². The molecule has 6 heteroatoms. The Kier molecular flexibility index (Phi) is 7.14. The molecule has 0 bridgehead atoms. The van der Waals surface area contributed by atoms with Crippen LogP contribution < -0.4 is 10.6 Å². The van der Waals surface area contributed by atoms with Gasteiger partial charge in [-0.25, -0.2) is 4.98 Å². The van der Waals surface area contributed by atoms with Gasteiger partial charge in [0, 0.05) is 12.2 Å². The van der Waals surface area contributed by atoms with Crippen molar-refractivity contribution >= 4 is 17.6 Å². The predicted octanol–water partition coefficient (Wildman–Crippen LogP) is 2.59. The van der Waals surface area contributed by atoms with Gasteiger partial charge in [-0.15, -0.1) is 0 Å². The second-order valence-corrected chi connectivity index (χ2v) is 7.74. The van der Waals surface area contributed by atoms with Gasteiger partial charge in [-0.1, -0.05) is 32.8 Å². The van der Waals surface area contributed by atoms with Gasteiger partial charge in [0.15, 0.2) is 0 Å². The van der Waals surface area contributed by atoms with Crippen LogP contribution in [0.2, 0.25) is 0 Å². The van der Waals surface area contributed by atoms with Crippen molar-refractivity contribution in [2.24, 2.45) is 11.8 Å². The molecule has 1 aliphatic carbocycles. The minimum atomic E-state index is -0.365. The molecule has 0 aliphatic heterocycles. The second-order valence-electron chi connectivity index (χ2n) is 7.74. The lowest BCUT2D eigenvalue weighted by atomic mass is 9.78. The molecule has 0 spiro atoms. The van der Waals surface area contributed by atoms with Crippen LogP contribution in [0.1, 0.15) is 45.6 Å². The summed E-state index contributed by atoms with van der Waals surface area (Å²) in [4.78, 5) is 30.7. The minimum Gasteiger partial charge on any atom is -0.352 e. The SMILES string of the molecule is Cc1ccc(NC(=O)CN(C)C(C)C(=O)NC2CCCC(C)C2C)nc1. The van der Waals surface area contributed by atoms with Gasteiger partial charge in [-0.3, -0.25) is 14.5 Å². The Balaban J connectivity index is 1.83. The molecule has 4 unspecified atom stereocenters. The van der Waals surface area contributed by atoms with E-state index in [-0.39, 0.29) is 30.4 Å². The molecule has 26 heavy (non-hydrogen) atoms. The predicted molar refractivity (Wildman–Crippen MR) is 104 cm³/mol. The molecule has 0 saturated heterocycles. The smallest absolute Gasteiger partial charge is 0.239 e. The Labute approximate surface area is 156 Å². The third-order valence-corrected chi connectivity index (χ3v) is 5.65. The lowest BCUT2D eigenvalue weighted by molar-refractivity contribution is -0.127. The van der Waals surface area contributed by atoms with Crippen molar-refractivity contribution in [2.45, 2.75) is 59.0 Å². The van der Waals surface area contributed by atoms with Gasteiger partial charge in [0.1, 0.15) is 5.82 Å². The molecule has 4 atom stereocenters. The van der Waals surface area contributed by atoms with E-state index in [2.05, 4.69) is 29.5 Å². The van der Waals surface area contributed by atoms with Crippen molar-refractivity contribution in [1.82, 2.24) is 15.2 Å². The lowest BCUT2D eigenvalue weighted by Crippen LogP contribution is -2.51. The number of rotatable bonds is 6. The molecule has 2 rings (SSSR count). The van der Waals surface area contributed by atoms with Gasteiger partial charge in [-0.05, 0) is 50.8 Å². The van der Waals surface area contributed by atoms with Crippen LogP contribution in [0.15, 0.2) is 18.3 Å². The molecule has 1 saturated carbocycles. The molecule has 1 aliphatic rings. The average Bonchev–Trinajstić information content (AvgIpc) is 2.60. The van der Waals surface area contributed by atoms with E-state index in [1.54, 1.807) is 24.2 Å². The molecule has 1 heterocycles. The second kappa shape index (κ2) is 9.12. The van der Waals surface area contributed by atoms with Crippen LogP contribution >= 0.6 is 0 Å². The van der Waals surface area contributed by atoms with Gasteiger partial charge in [0.2, 0.25) is 11.8 Å². The highest BCUT2D eigenvalue weighted by Gasteiger charge is 2.30. The Morgan fingerprint density at radius 3 is 2.69 bits per heavy atom. The van der Waals surface area contributed by atoms with Crippen molar-refractivity contribution in [2.75, 3.05) is 18.9 Å². The van der Waals surface area contributed by atoms with E-state index < -0.39 is 0 Å². The van der Waals surface area contributed by atoms with E-state index in [0.717, 1.165) is 18.4 Å². The molecule has 1 aromatic rings. The quantitative estimate of drug-likeness (QED) is 0.818. The summed E-state index contributed by atoms with van der Waals surface area (Å²) in [5, 5.41) is 5.95. The first-order valence-electron chi connectivity index (χ1n) is 9.51. The number of amides is 2. The summed E-state index contributed by atoms with van der Waals surface area (Å²) in [7, 11) is 1.79. The lowest BCUT2D eigenvalue weighted by Gasteiger charge is -2.36. The van der Waals surface area contributed by atoms with Gasteiger partial charge < -0.3 is 10.6 Å². The first-order valence-corrected chi connectivity index (χ1v) is 9.51. The summed E-state index contributed by atoms with van der Waals surface area (Å²) in [5.41, 5.74) is 1.04. The topological polar surface area (TPSA) is 74.3 Å². The van der Waals surface area contributed by atoms with Crippen LogP contribution in [0.4, 0.5) is 5.82 Å². The van der Waals surface area contributed by atoms with Crippen LogP contribution in [0, 0.1) is 18.8 Å². The Morgan fingerprint density at radius 2 is 2.04 bits per heavy atom. The molecule has 0 radical (unpaired) electrons. The number of nitrogens with one attached hydrogen (secondary N) is 2. The van der Waals surface area contributed by atoms with Gasteiger partial charge in [0.05, 0.1) is 12.6 Å². The molecule has 6 nitrogen and oxygen atoms in total. The zero-order valence-corrected chi connectivity index (χ0v) is 16.6. The highest BCUT2D eigenvalue weighted by molar-refractivity contribution is 5.92. The molecule has 0 aromatic carbocycles. The highest BCUT2D eigenvalue weighted by atomic mass is 16.2. The summed E-state index contributed by atoms with van der Waals surface area (Å²) in [6.07, 6.45) is 5.14. The fraction of sp³-hybridized carbons (Fsp3) is 0.650. The zero-order valence-electron chi connectivity index (χ0n) is 16.6. The normalized spacial score (nSPS) is 24.2. The van der Waals surface area contributed by atoms with E-state index in [0.29, 0.717) is 17.7 Å². The molecule has 2 N–H and O–H groups in total. The van der Waals surface area contributed by atoms with E-state index in [9.17, 15) is 9.59 Å². The number of carbonyl (C=O) groups excluding carboxylic acids is 2. The van der Waals surface area contributed by atoms with Gasteiger partial charge in [-0.2, -0.15) is 0 Å². The number of likely N-dealkylation sites (N-methyl/N-ethyl adjacent to an activating group) is 1. The van der Waals surface area contributed by atoms with E-state index in [1.165, 1.54) is 6.42 Å². The van der Waals surface area contributed by atoms with Crippen LogP contribution in [-0.2, 0) is 9.59 Å². The highest BCUT2D eigenvalue weighted by Crippen LogP contribution is 2.29. The number of carbonyl (C=O) groups is 2. The molecule has 1 aromatic heterocycles. The molecule has 1 fully saturated rings. The Hall–Kier alpha value is -1.95. The zero-order chi connectivity index (χ0) is 19.3. The maximum absolute atomic E-state index is 12.6. The molecular formula is C20H32N4O2. The van der Waals surface area contributed by atoms with Crippen molar-refractivity contribution in [1.29, 1.82) is 0 Å². The maximum Gasteiger partial charge on any atom is 0.239 e. The van der Waals surface area contributed by atoms with Crippen molar-refractivity contribution in [3.05, 3.63) is 23.9 Å². The van der Waals surface area contributed by atoms with E-state index in [1.807, 2.05) is 19.9 Å². The number of hydrogen-bond donors (Lipinski definition) is 2. The van der Waals surface area contributed by atoms with E-state index in [4.69, 9.17) is 0 Å². The van der Waals surface area contributed by atoms with Crippen LogP contribution in [0.25, 0.3) is 0 Å². The number of aryl methyl sites for hydroxylation is 1. The third-order valence-electron chi connectivity index (χ3n) is 5.65. The Morgan fingerprint density at radius 1 is 1.31 bits per heavy atom. The summed E-state index contributed by atoms with van der Waals surface area (Å²) in [6.45, 7) is 8.39. The standard InChI is InChI=1S/C20H32N4O2/c1-13-9-10-18(21-11-13)23-19(25)12-24(5)16(4)20(26)22-17-8-6-7-14(2)15(17)3/h9-11,14-17H,6-8,12H2,1-5H3,(H,22,26)(H,21,23,25). The number of hydrogen-bond acceptors (Lipinski definition) is 4. The number of aromatic nitrogens is 1. The average molecular weight is 361 g/mol. The first-order chi connectivity index (χ1) is 12.3. The number of pyridine rings is 1. The van der Waals surface area contributed by atoms with Gasteiger partial charge >= 0.3 is 0 Å². The molecule has 2 amide bonds. The van der Waals surface area contributed by atoms with Crippen molar-refractivity contribution in [3.8, 4) is 0 Å². The van der Waals surface area contributed by atoms with Crippen LogP contribution in [0.3, 0.4) is 0 Å². The van der Waals surface area contributed by atoms with Crippen LogP contribution in [0.5, 0.6) is 0 Å². The summed E-state index contributed by atoms with van der Waals surface area (Å²) < 4.78 is 0. The number of nitrogens with zero attached hydrogens (tertiary/aromatic N) is 2. The summed E-state index contributed by atoms with van der Waals surface area (Å²) >= 11 is 0. The summed E-state index contributed by atoms with van der Waals surface area (Å²) in [5.74, 6) is 1.45. The fourth-order valence-corrected chi connectivity index (χ4v) is 3.38. The van der Waals surface area contributed by atoms with Crippen molar-refractivity contribution < 1.29 is 9.59 Å². The number of anilines is 1. The fourth-order valence-electron chi connectivity index (χ4n) is 3.38. The summed E-state index contributed by atoms with van der Waals surface area (Å²) in [6, 6.07) is 3.54. The third kappa shape index (κ3) is 5.53. The monoisotopic (exact) mass is 360 g/mol. The maximum atomic E-state index is 12.6. The van der Waals surface area contributed by atoms with Crippen LogP contribution in [-0.4, -0.2) is 47.4 Å². The first kappa shape index (κ1) is 20.4. The molecule has 144 valence electrons. The molecular weight excluding hydrogens is 328 g/mol. The minimum absolute atomic E-state index is 0.0142. The van der Waals surface area contributed by atoms with E-state index >= 15 is 0 Å².